The van der Waals surface area contributed by atoms with Crippen LogP contribution in [0.15, 0.2) is 66.7 Å². The minimum atomic E-state index is -0.399. The van der Waals surface area contributed by atoms with E-state index < -0.39 is 5.91 Å². The molecule has 0 aliphatic heterocycles. The van der Waals surface area contributed by atoms with Gasteiger partial charge in [-0.1, -0.05) is 60.7 Å². The van der Waals surface area contributed by atoms with Crippen LogP contribution in [0.2, 0.25) is 0 Å². The van der Waals surface area contributed by atoms with E-state index in [1.165, 1.54) is 0 Å². The van der Waals surface area contributed by atoms with Crippen molar-refractivity contribution in [3.63, 3.8) is 0 Å². The standard InChI is InChI=1S/C17H13NO/c18-17(19)15-11-10-12-6-4-5-9-14(12)16(15)13-7-2-1-3-8-13/h1-11H,(H2,18,19). The summed E-state index contributed by atoms with van der Waals surface area (Å²) in [6.07, 6.45) is 0. The maximum atomic E-state index is 11.7. The predicted octanol–water partition coefficient (Wildman–Crippen LogP) is 3.61. The maximum Gasteiger partial charge on any atom is 0.249 e. The lowest BCUT2D eigenvalue weighted by Crippen LogP contribution is -2.12. The smallest absolute Gasteiger partial charge is 0.249 e. The summed E-state index contributed by atoms with van der Waals surface area (Å²) < 4.78 is 0. The van der Waals surface area contributed by atoms with Gasteiger partial charge in [0.15, 0.2) is 0 Å². The van der Waals surface area contributed by atoms with Gasteiger partial charge in [-0.05, 0) is 22.4 Å². The van der Waals surface area contributed by atoms with Crippen molar-refractivity contribution in [3.05, 3.63) is 72.3 Å². The fourth-order valence-corrected chi connectivity index (χ4v) is 2.39. The minimum absolute atomic E-state index is 0.399. The third kappa shape index (κ3) is 1.97. The number of hydrogen-bond acceptors (Lipinski definition) is 1. The average Bonchev–Trinajstić information content (AvgIpc) is 2.46. The van der Waals surface area contributed by atoms with Gasteiger partial charge in [0.2, 0.25) is 5.91 Å². The van der Waals surface area contributed by atoms with Gasteiger partial charge in [-0.3, -0.25) is 4.79 Å². The summed E-state index contributed by atoms with van der Waals surface area (Å²) in [6.45, 7) is 0. The second-order valence-electron chi connectivity index (χ2n) is 4.44. The van der Waals surface area contributed by atoms with Gasteiger partial charge in [-0.15, -0.1) is 0 Å². The van der Waals surface area contributed by atoms with Crippen LogP contribution in [0.5, 0.6) is 0 Å². The molecule has 0 aliphatic carbocycles. The van der Waals surface area contributed by atoms with Crippen LogP contribution < -0.4 is 5.73 Å². The van der Waals surface area contributed by atoms with Gasteiger partial charge in [-0.25, -0.2) is 0 Å². The Bertz CT molecular complexity index is 748. The number of amides is 1. The number of hydrogen-bond donors (Lipinski definition) is 1. The third-order valence-electron chi connectivity index (χ3n) is 3.26. The quantitative estimate of drug-likeness (QED) is 0.738. The molecule has 1 amide bonds. The highest BCUT2D eigenvalue weighted by atomic mass is 16.1. The van der Waals surface area contributed by atoms with Gasteiger partial charge in [-0.2, -0.15) is 0 Å². The van der Waals surface area contributed by atoms with Gasteiger partial charge in [0.1, 0.15) is 0 Å². The Balaban J connectivity index is 2.42. The number of benzene rings is 3. The van der Waals surface area contributed by atoms with Crippen LogP contribution in [0.3, 0.4) is 0 Å². The first-order valence-corrected chi connectivity index (χ1v) is 6.14. The molecule has 0 saturated heterocycles. The second-order valence-corrected chi connectivity index (χ2v) is 4.44. The molecule has 0 aliphatic rings. The van der Waals surface area contributed by atoms with Crippen molar-refractivity contribution in [2.45, 2.75) is 0 Å². The lowest BCUT2D eigenvalue weighted by Gasteiger charge is -2.11. The Kier molecular flexibility index (Phi) is 2.76. The Hall–Kier alpha value is -2.61. The maximum absolute atomic E-state index is 11.7. The summed E-state index contributed by atoms with van der Waals surface area (Å²) in [5.41, 5.74) is 7.98. The van der Waals surface area contributed by atoms with Crippen molar-refractivity contribution in [1.82, 2.24) is 0 Å². The van der Waals surface area contributed by atoms with Gasteiger partial charge < -0.3 is 5.73 Å². The molecule has 0 unspecified atom stereocenters. The Labute approximate surface area is 111 Å². The molecule has 0 saturated carbocycles. The molecule has 0 aromatic heterocycles. The average molecular weight is 247 g/mol. The summed E-state index contributed by atoms with van der Waals surface area (Å²) in [4.78, 5) is 11.7. The number of carbonyl (C=O) groups excluding carboxylic acids is 1. The molecule has 19 heavy (non-hydrogen) atoms. The van der Waals surface area contributed by atoms with Gasteiger partial charge in [0.25, 0.3) is 0 Å². The largest absolute Gasteiger partial charge is 0.366 e. The predicted molar refractivity (Wildman–Crippen MR) is 77.9 cm³/mol. The van der Waals surface area contributed by atoms with Crippen molar-refractivity contribution in [2.24, 2.45) is 5.73 Å². The summed E-state index contributed by atoms with van der Waals surface area (Å²) in [7, 11) is 0. The van der Waals surface area contributed by atoms with E-state index in [4.69, 9.17) is 5.73 Å². The fourth-order valence-electron chi connectivity index (χ4n) is 2.39. The van der Waals surface area contributed by atoms with E-state index in [1.807, 2.05) is 60.7 Å². The molecule has 3 aromatic carbocycles. The molecule has 92 valence electrons. The van der Waals surface area contributed by atoms with Gasteiger partial charge in [0, 0.05) is 11.1 Å². The molecule has 0 heterocycles. The van der Waals surface area contributed by atoms with Crippen molar-refractivity contribution >= 4 is 16.7 Å². The molecule has 3 rings (SSSR count). The number of carbonyl (C=O) groups is 1. The van der Waals surface area contributed by atoms with Crippen LogP contribution in [0.1, 0.15) is 10.4 Å². The van der Waals surface area contributed by atoms with E-state index in [2.05, 4.69) is 0 Å². The second kappa shape index (κ2) is 4.58. The van der Waals surface area contributed by atoms with Gasteiger partial charge >= 0.3 is 0 Å². The van der Waals surface area contributed by atoms with Gasteiger partial charge in [0.05, 0.1) is 0 Å². The summed E-state index contributed by atoms with van der Waals surface area (Å²) in [5.74, 6) is -0.399. The van der Waals surface area contributed by atoms with Crippen LogP contribution in [-0.2, 0) is 0 Å². The first kappa shape index (κ1) is 11.5. The molecule has 2 nitrogen and oxygen atoms in total. The lowest BCUT2D eigenvalue weighted by atomic mass is 9.93. The van der Waals surface area contributed by atoms with Crippen molar-refractivity contribution < 1.29 is 4.79 Å². The van der Waals surface area contributed by atoms with E-state index >= 15 is 0 Å². The van der Waals surface area contributed by atoms with Crippen molar-refractivity contribution in [2.75, 3.05) is 0 Å². The molecule has 2 N–H and O–H groups in total. The summed E-state index contributed by atoms with van der Waals surface area (Å²) >= 11 is 0. The zero-order valence-electron chi connectivity index (χ0n) is 10.3. The lowest BCUT2D eigenvalue weighted by molar-refractivity contribution is 0.100. The molecule has 0 radical (unpaired) electrons. The highest BCUT2D eigenvalue weighted by molar-refractivity contribution is 6.09. The van der Waals surface area contributed by atoms with E-state index in [1.54, 1.807) is 6.07 Å². The highest BCUT2D eigenvalue weighted by Gasteiger charge is 2.13. The number of nitrogens with two attached hydrogens (primary N) is 1. The first-order valence-electron chi connectivity index (χ1n) is 6.14. The zero-order valence-corrected chi connectivity index (χ0v) is 10.3. The first-order chi connectivity index (χ1) is 9.27. The SMILES string of the molecule is NC(=O)c1ccc2ccccc2c1-c1ccccc1. The molecular weight excluding hydrogens is 234 g/mol. The summed E-state index contributed by atoms with van der Waals surface area (Å²) in [6, 6.07) is 21.6. The van der Waals surface area contributed by atoms with Crippen LogP contribution in [0, 0.1) is 0 Å². The normalized spacial score (nSPS) is 10.5. The monoisotopic (exact) mass is 247 g/mol. The fraction of sp³-hybridized carbons (Fsp3) is 0. The van der Waals surface area contributed by atoms with E-state index in [0.717, 1.165) is 21.9 Å². The number of fused-ring (bicyclic) bond motifs is 1. The topological polar surface area (TPSA) is 43.1 Å². The Morgan fingerprint density at radius 2 is 1.47 bits per heavy atom. The molecule has 0 atom stereocenters. The molecular formula is C17H13NO. The van der Waals surface area contributed by atoms with Crippen LogP contribution >= 0.6 is 0 Å². The Morgan fingerprint density at radius 1 is 0.789 bits per heavy atom. The van der Waals surface area contributed by atoms with Crippen LogP contribution in [0.4, 0.5) is 0 Å². The molecule has 0 bridgehead atoms. The third-order valence-corrected chi connectivity index (χ3v) is 3.26. The van der Waals surface area contributed by atoms with E-state index in [9.17, 15) is 4.79 Å². The molecule has 0 spiro atoms. The molecule has 3 aromatic rings. The highest BCUT2D eigenvalue weighted by Crippen LogP contribution is 2.31. The van der Waals surface area contributed by atoms with Crippen LogP contribution in [-0.4, -0.2) is 5.91 Å². The zero-order chi connectivity index (χ0) is 13.2. The van der Waals surface area contributed by atoms with Crippen molar-refractivity contribution in [3.8, 4) is 11.1 Å². The van der Waals surface area contributed by atoms with Crippen LogP contribution in [0.25, 0.3) is 21.9 Å². The number of rotatable bonds is 2. The number of primary amides is 1. The van der Waals surface area contributed by atoms with E-state index in [0.29, 0.717) is 5.56 Å². The molecule has 0 fully saturated rings. The molecule has 2 heteroatoms. The van der Waals surface area contributed by atoms with Crippen molar-refractivity contribution in [1.29, 1.82) is 0 Å². The minimum Gasteiger partial charge on any atom is -0.366 e. The summed E-state index contributed by atoms with van der Waals surface area (Å²) in [5, 5.41) is 2.15. The van der Waals surface area contributed by atoms with E-state index in [-0.39, 0.29) is 0 Å². The Morgan fingerprint density at radius 3 is 2.21 bits per heavy atom.